The zero-order valence-corrected chi connectivity index (χ0v) is 18.4. The molecule has 33 heavy (non-hydrogen) atoms. The van der Waals surface area contributed by atoms with Crippen LogP contribution in [0.3, 0.4) is 0 Å². The highest BCUT2D eigenvalue weighted by Gasteiger charge is 2.47. The number of aromatic nitrogens is 6. The van der Waals surface area contributed by atoms with Gasteiger partial charge in [0, 0.05) is 6.42 Å². The lowest BCUT2D eigenvalue weighted by Gasteiger charge is -2.21. The molecule has 0 spiro atoms. The molecule has 1 aromatic carbocycles. The highest BCUT2D eigenvalue weighted by Crippen LogP contribution is 2.39. The zero-order chi connectivity index (χ0) is 23.3. The van der Waals surface area contributed by atoms with Crippen LogP contribution in [-0.4, -0.2) is 35.5 Å². The molecule has 2 N–H and O–H groups in total. The van der Waals surface area contributed by atoms with E-state index in [9.17, 15) is 14.0 Å². The Kier molecular flexibility index (Phi) is 4.80. The fourth-order valence-corrected chi connectivity index (χ4v) is 4.29. The minimum Gasteiger partial charge on any atom is -0.310 e. The number of amides is 1. The second-order valence-electron chi connectivity index (χ2n) is 8.80. The third-order valence-electron chi connectivity index (χ3n) is 5.91. The van der Waals surface area contributed by atoms with E-state index in [1.807, 2.05) is 0 Å². The van der Waals surface area contributed by atoms with Crippen molar-refractivity contribution in [1.29, 1.82) is 0 Å². The first-order chi connectivity index (χ1) is 15.8. The van der Waals surface area contributed by atoms with E-state index >= 15 is 0 Å². The van der Waals surface area contributed by atoms with E-state index in [4.69, 9.17) is 4.98 Å². The molecular formula is C23H22FN7O2. The van der Waals surface area contributed by atoms with Gasteiger partial charge in [-0.3, -0.25) is 14.6 Å². The normalized spacial score (nSPS) is 17.5. The maximum absolute atomic E-state index is 13.4. The van der Waals surface area contributed by atoms with E-state index in [-0.39, 0.29) is 23.7 Å². The Morgan fingerprint density at radius 2 is 1.91 bits per heavy atom. The second-order valence-corrected chi connectivity index (χ2v) is 8.80. The number of anilines is 1. The largest absolute Gasteiger partial charge is 0.310 e. The van der Waals surface area contributed by atoms with Gasteiger partial charge in [0.1, 0.15) is 29.2 Å². The monoisotopic (exact) mass is 447 g/mol. The van der Waals surface area contributed by atoms with Crippen molar-refractivity contribution in [3.8, 4) is 0 Å². The van der Waals surface area contributed by atoms with Crippen molar-refractivity contribution in [3.63, 3.8) is 0 Å². The number of nitrogens with zero attached hydrogens (tertiary/aromatic N) is 5. The van der Waals surface area contributed by atoms with Gasteiger partial charge in [0.15, 0.2) is 5.65 Å². The number of nitrogens with one attached hydrogen (secondary N) is 2. The van der Waals surface area contributed by atoms with E-state index in [2.05, 4.69) is 39.2 Å². The summed E-state index contributed by atoms with van der Waals surface area (Å²) in [4.78, 5) is 42.3. The van der Waals surface area contributed by atoms with E-state index < -0.39 is 16.8 Å². The highest BCUT2D eigenvalue weighted by molar-refractivity contribution is 6.07. The molecule has 0 saturated carbocycles. The van der Waals surface area contributed by atoms with Crippen LogP contribution in [0, 0.1) is 11.7 Å². The van der Waals surface area contributed by atoms with E-state index in [0.717, 1.165) is 12.1 Å². The van der Waals surface area contributed by atoms with Gasteiger partial charge in [0.2, 0.25) is 5.91 Å². The number of aromatic amines is 1. The summed E-state index contributed by atoms with van der Waals surface area (Å²) in [6, 6.07) is 5.54. The number of fused-ring (bicyclic) bond motifs is 2. The first kappa shape index (κ1) is 20.9. The molecule has 0 bridgehead atoms. The average Bonchev–Trinajstić information content (AvgIpc) is 3.31. The predicted octanol–water partition coefficient (Wildman–Crippen LogP) is 2.39. The van der Waals surface area contributed by atoms with Crippen molar-refractivity contribution in [2.45, 2.75) is 39.0 Å². The van der Waals surface area contributed by atoms with Gasteiger partial charge in [-0.05, 0) is 37.0 Å². The zero-order valence-electron chi connectivity index (χ0n) is 18.4. The van der Waals surface area contributed by atoms with Crippen LogP contribution >= 0.6 is 0 Å². The molecule has 4 heterocycles. The molecule has 0 aliphatic carbocycles. The number of carbonyl (C=O) groups excluding carboxylic acids is 1. The van der Waals surface area contributed by atoms with Gasteiger partial charge in [-0.2, -0.15) is 5.10 Å². The fraction of sp³-hybridized carbons (Fsp3) is 0.304. The average molecular weight is 447 g/mol. The predicted molar refractivity (Wildman–Crippen MR) is 118 cm³/mol. The Labute approximate surface area is 188 Å². The molecule has 1 atom stereocenters. The molecule has 5 rings (SSSR count). The molecule has 1 aliphatic heterocycles. The van der Waals surface area contributed by atoms with Crippen molar-refractivity contribution in [2.75, 3.05) is 5.32 Å². The van der Waals surface area contributed by atoms with Gasteiger partial charge in [0.05, 0.1) is 23.1 Å². The molecule has 9 nitrogen and oxygen atoms in total. The molecule has 0 radical (unpaired) electrons. The second kappa shape index (κ2) is 7.58. The van der Waals surface area contributed by atoms with Gasteiger partial charge < -0.3 is 10.3 Å². The molecule has 10 heteroatoms. The minimum atomic E-state index is -1.27. The van der Waals surface area contributed by atoms with Gasteiger partial charge in [-0.15, -0.1) is 0 Å². The van der Waals surface area contributed by atoms with Crippen molar-refractivity contribution in [3.05, 3.63) is 81.3 Å². The Balaban J connectivity index is 1.54. The molecule has 4 aromatic rings. The smallest absolute Gasteiger partial charge is 0.257 e. The molecular weight excluding hydrogens is 425 g/mol. The highest BCUT2D eigenvalue weighted by atomic mass is 19.1. The lowest BCUT2D eigenvalue weighted by atomic mass is 9.78. The number of benzene rings is 1. The summed E-state index contributed by atoms with van der Waals surface area (Å²) in [5, 5.41) is 6.94. The topological polar surface area (TPSA) is 118 Å². The quantitative estimate of drug-likeness (QED) is 0.485. The SMILES string of the molecule is CC(C)Cc1nc(Cc2nc3c(c(=O)[nH]2)[C@](C)(c2ccc(F)cc2)C(=O)N3)cn2ncnc12. The Morgan fingerprint density at radius 1 is 1.15 bits per heavy atom. The van der Waals surface area contributed by atoms with Crippen LogP contribution in [0.2, 0.25) is 0 Å². The number of hydrogen-bond acceptors (Lipinski definition) is 6. The Morgan fingerprint density at radius 3 is 2.64 bits per heavy atom. The van der Waals surface area contributed by atoms with E-state index in [1.165, 1.54) is 30.6 Å². The third kappa shape index (κ3) is 3.47. The maximum atomic E-state index is 13.4. The number of hydrogen-bond donors (Lipinski definition) is 2. The van der Waals surface area contributed by atoms with Crippen LogP contribution in [0.4, 0.5) is 10.2 Å². The van der Waals surface area contributed by atoms with Crippen LogP contribution < -0.4 is 10.9 Å². The summed E-state index contributed by atoms with van der Waals surface area (Å²) in [6.45, 7) is 5.83. The summed E-state index contributed by atoms with van der Waals surface area (Å²) < 4.78 is 15.1. The Hall–Kier alpha value is -3.95. The van der Waals surface area contributed by atoms with Crippen molar-refractivity contribution < 1.29 is 9.18 Å². The third-order valence-corrected chi connectivity index (χ3v) is 5.91. The summed E-state index contributed by atoms with van der Waals surface area (Å²) in [5.74, 6) is 0.142. The van der Waals surface area contributed by atoms with Gasteiger partial charge in [-0.1, -0.05) is 26.0 Å². The molecule has 168 valence electrons. The fourth-order valence-electron chi connectivity index (χ4n) is 4.29. The lowest BCUT2D eigenvalue weighted by Crippen LogP contribution is -2.36. The van der Waals surface area contributed by atoms with Crippen LogP contribution in [0.25, 0.3) is 5.65 Å². The Bertz CT molecular complexity index is 1440. The summed E-state index contributed by atoms with van der Waals surface area (Å²) >= 11 is 0. The summed E-state index contributed by atoms with van der Waals surface area (Å²) in [5.41, 5.74) is 1.21. The number of H-pyrrole nitrogens is 1. The van der Waals surface area contributed by atoms with Crippen LogP contribution in [-0.2, 0) is 23.1 Å². The van der Waals surface area contributed by atoms with Crippen molar-refractivity contribution in [1.82, 2.24) is 29.5 Å². The molecule has 0 saturated heterocycles. The summed E-state index contributed by atoms with van der Waals surface area (Å²) in [7, 11) is 0. The number of rotatable bonds is 5. The van der Waals surface area contributed by atoms with Crippen LogP contribution in [0.1, 0.15) is 49.1 Å². The maximum Gasteiger partial charge on any atom is 0.257 e. The molecule has 0 fully saturated rings. The van der Waals surface area contributed by atoms with E-state index in [0.29, 0.717) is 28.6 Å². The lowest BCUT2D eigenvalue weighted by molar-refractivity contribution is -0.119. The van der Waals surface area contributed by atoms with Gasteiger partial charge in [-0.25, -0.2) is 18.9 Å². The first-order valence-electron chi connectivity index (χ1n) is 10.6. The summed E-state index contributed by atoms with van der Waals surface area (Å²) in [6.07, 6.45) is 4.20. The van der Waals surface area contributed by atoms with Crippen molar-refractivity contribution in [2.24, 2.45) is 5.92 Å². The number of halogens is 1. The molecule has 0 unspecified atom stereocenters. The molecule has 1 aliphatic rings. The molecule has 1 amide bonds. The van der Waals surface area contributed by atoms with Crippen molar-refractivity contribution >= 4 is 17.4 Å². The first-order valence-corrected chi connectivity index (χ1v) is 10.6. The van der Waals surface area contributed by atoms with Gasteiger partial charge in [0.25, 0.3) is 5.56 Å². The van der Waals surface area contributed by atoms with Gasteiger partial charge >= 0.3 is 0 Å². The molecule has 3 aromatic heterocycles. The standard InChI is InChI=1S/C23H22FN7O2/c1-12(2)8-16-20-25-11-26-31(20)10-15(27-16)9-17-28-19-18(21(32)29-17)23(3,22(33)30-19)13-4-6-14(24)7-5-13/h4-7,10-12H,8-9H2,1-3H3,(H2,28,29,30,32,33)/t23-/m0/s1. The number of carbonyl (C=O) groups is 1. The minimum absolute atomic E-state index is 0.204. The van der Waals surface area contributed by atoms with E-state index in [1.54, 1.807) is 17.6 Å². The van der Waals surface area contributed by atoms with Crippen LogP contribution in [0.5, 0.6) is 0 Å². The van der Waals surface area contributed by atoms with Crippen LogP contribution in [0.15, 0.2) is 41.6 Å².